The largest absolute Gasteiger partial charge is 0.385 e. The zero-order valence-corrected chi connectivity index (χ0v) is 11.5. The molecule has 1 rings (SSSR count). The van der Waals surface area contributed by atoms with Crippen molar-refractivity contribution in [1.82, 2.24) is 15.1 Å². The van der Waals surface area contributed by atoms with E-state index in [-0.39, 0.29) is 0 Å². The molecule has 0 fully saturated rings. The van der Waals surface area contributed by atoms with Crippen LogP contribution in [0.4, 0.5) is 0 Å². The van der Waals surface area contributed by atoms with Crippen molar-refractivity contribution in [2.24, 2.45) is 12.5 Å². The van der Waals surface area contributed by atoms with Crippen LogP contribution in [0, 0.1) is 5.41 Å². The molecule has 4 heteroatoms. The molecular formula is C13H25N3O. The summed E-state index contributed by atoms with van der Waals surface area (Å²) < 4.78 is 7.05. The molecule has 0 aliphatic heterocycles. The Morgan fingerprint density at radius 2 is 2.24 bits per heavy atom. The average Bonchev–Trinajstić information content (AvgIpc) is 2.68. The maximum atomic E-state index is 5.12. The Morgan fingerprint density at radius 1 is 1.47 bits per heavy atom. The first-order valence-corrected chi connectivity index (χ1v) is 6.22. The standard InChI is InChI=1S/C13H25N3O/c1-13(2,7-10-17-4)11-14-8-5-12-6-9-15-16(12)3/h6,9,14H,5,7-8,10-11H2,1-4H3. The van der Waals surface area contributed by atoms with Crippen molar-refractivity contribution >= 4 is 0 Å². The fraction of sp³-hybridized carbons (Fsp3) is 0.769. The van der Waals surface area contributed by atoms with Crippen LogP contribution >= 0.6 is 0 Å². The molecule has 0 spiro atoms. The molecule has 17 heavy (non-hydrogen) atoms. The van der Waals surface area contributed by atoms with Crippen LogP contribution in [-0.4, -0.2) is 36.6 Å². The van der Waals surface area contributed by atoms with Crippen LogP contribution in [0.15, 0.2) is 12.3 Å². The summed E-state index contributed by atoms with van der Waals surface area (Å²) in [5.41, 5.74) is 1.56. The van der Waals surface area contributed by atoms with Gasteiger partial charge >= 0.3 is 0 Å². The third-order valence-electron chi connectivity index (χ3n) is 3.07. The summed E-state index contributed by atoms with van der Waals surface area (Å²) in [7, 11) is 3.74. The summed E-state index contributed by atoms with van der Waals surface area (Å²) in [6, 6.07) is 2.07. The second-order valence-electron chi connectivity index (χ2n) is 5.28. The SMILES string of the molecule is COCCC(C)(C)CNCCc1ccnn1C. The highest BCUT2D eigenvalue weighted by Crippen LogP contribution is 2.18. The van der Waals surface area contributed by atoms with Gasteiger partial charge in [-0.3, -0.25) is 4.68 Å². The highest BCUT2D eigenvalue weighted by Gasteiger charge is 2.16. The molecule has 0 bridgehead atoms. The van der Waals surface area contributed by atoms with E-state index >= 15 is 0 Å². The Balaban J connectivity index is 2.17. The van der Waals surface area contributed by atoms with Gasteiger partial charge in [0.05, 0.1) is 0 Å². The predicted molar refractivity (Wildman–Crippen MR) is 70.1 cm³/mol. The van der Waals surface area contributed by atoms with E-state index in [9.17, 15) is 0 Å². The lowest BCUT2D eigenvalue weighted by atomic mass is 9.90. The van der Waals surface area contributed by atoms with E-state index in [0.29, 0.717) is 5.41 Å². The molecule has 1 aromatic heterocycles. The van der Waals surface area contributed by atoms with Crippen LogP contribution in [-0.2, 0) is 18.2 Å². The minimum Gasteiger partial charge on any atom is -0.385 e. The van der Waals surface area contributed by atoms with E-state index in [1.54, 1.807) is 7.11 Å². The molecule has 0 saturated carbocycles. The van der Waals surface area contributed by atoms with Gasteiger partial charge in [-0.1, -0.05) is 13.8 Å². The second kappa shape index (κ2) is 6.77. The highest BCUT2D eigenvalue weighted by molar-refractivity contribution is 5.00. The number of rotatable bonds is 8. The number of nitrogens with zero attached hydrogens (tertiary/aromatic N) is 2. The van der Waals surface area contributed by atoms with Crippen LogP contribution < -0.4 is 5.32 Å². The zero-order valence-electron chi connectivity index (χ0n) is 11.5. The van der Waals surface area contributed by atoms with Crippen molar-refractivity contribution in [2.45, 2.75) is 26.7 Å². The molecule has 1 heterocycles. The number of nitrogens with one attached hydrogen (secondary N) is 1. The van der Waals surface area contributed by atoms with E-state index in [4.69, 9.17) is 4.74 Å². The lowest BCUT2D eigenvalue weighted by molar-refractivity contribution is 0.151. The fourth-order valence-electron chi connectivity index (χ4n) is 1.76. The van der Waals surface area contributed by atoms with Crippen molar-refractivity contribution in [1.29, 1.82) is 0 Å². The summed E-state index contributed by atoms with van der Waals surface area (Å²) in [4.78, 5) is 0. The summed E-state index contributed by atoms with van der Waals surface area (Å²) in [6.45, 7) is 7.38. The molecule has 0 atom stereocenters. The predicted octanol–water partition coefficient (Wildman–Crippen LogP) is 1.61. The van der Waals surface area contributed by atoms with Crippen molar-refractivity contribution < 1.29 is 4.74 Å². The molecule has 0 unspecified atom stereocenters. The van der Waals surface area contributed by atoms with E-state index in [0.717, 1.165) is 32.5 Å². The summed E-state index contributed by atoms with van der Waals surface area (Å²) in [5, 5.41) is 7.66. The Labute approximate surface area is 104 Å². The van der Waals surface area contributed by atoms with Crippen molar-refractivity contribution in [2.75, 3.05) is 26.8 Å². The number of hydrogen-bond acceptors (Lipinski definition) is 3. The summed E-state index contributed by atoms with van der Waals surface area (Å²) in [5.74, 6) is 0. The molecule has 0 aromatic carbocycles. The molecule has 4 nitrogen and oxygen atoms in total. The Morgan fingerprint density at radius 3 is 2.82 bits per heavy atom. The van der Waals surface area contributed by atoms with Crippen molar-refractivity contribution in [3.63, 3.8) is 0 Å². The number of aryl methyl sites for hydroxylation is 1. The van der Waals surface area contributed by atoms with Gasteiger partial charge in [0.1, 0.15) is 0 Å². The van der Waals surface area contributed by atoms with Crippen molar-refractivity contribution in [3.05, 3.63) is 18.0 Å². The minimum atomic E-state index is 0.294. The minimum absolute atomic E-state index is 0.294. The van der Waals surface area contributed by atoms with Gasteiger partial charge in [-0.05, 0) is 17.9 Å². The third kappa shape index (κ3) is 5.33. The normalized spacial score (nSPS) is 12.0. The zero-order chi connectivity index (χ0) is 12.7. The monoisotopic (exact) mass is 239 g/mol. The van der Waals surface area contributed by atoms with Gasteiger partial charge in [0.25, 0.3) is 0 Å². The molecule has 1 N–H and O–H groups in total. The first kappa shape index (κ1) is 14.2. The van der Waals surface area contributed by atoms with Crippen molar-refractivity contribution in [3.8, 4) is 0 Å². The fourth-order valence-corrected chi connectivity index (χ4v) is 1.76. The smallest absolute Gasteiger partial charge is 0.0492 e. The van der Waals surface area contributed by atoms with Gasteiger partial charge < -0.3 is 10.1 Å². The van der Waals surface area contributed by atoms with E-state index < -0.39 is 0 Å². The number of hydrogen-bond donors (Lipinski definition) is 1. The maximum absolute atomic E-state index is 5.12. The maximum Gasteiger partial charge on any atom is 0.0492 e. The van der Waals surface area contributed by atoms with Crippen LogP contribution in [0.3, 0.4) is 0 Å². The van der Waals surface area contributed by atoms with Gasteiger partial charge in [0, 0.05) is 52.2 Å². The average molecular weight is 239 g/mol. The molecule has 0 aliphatic carbocycles. The Hall–Kier alpha value is -0.870. The number of methoxy groups -OCH3 is 1. The lowest BCUT2D eigenvalue weighted by Gasteiger charge is -2.24. The molecule has 1 aromatic rings. The van der Waals surface area contributed by atoms with Crippen LogP contribution in [0.1, 0.15) is 26.0 Å². The van der Waals surface area contributed by atoms with E-state index in [1.165, 1.54) is 5.69 Å². The Kier molecular flexibility index (Phi) is 5.65. The molecule has 0 radical (unpaired) electrons. The summed E-state index contributed by atoms with van der Waals surface area (Å²) in [6.07, 6.45) is 3.96. The van der Waals surface area contributed by atoms with E-state index in [1.807, 2.05) is 17.9 Å². The van der Waals surface area contributed by atoms with Crippen LogP contribution in [0.5, 0.6) is 0 Å². The quantitative estimate of drug-likeness (QED) is 0.701. The van der Waals surface area contributed by atoms with Crippen LogP contribution in [0.25, 0.3) is 0 Å². The third-order valence-corrected chi connectivity index (χ3v) is 3.07. The number of aromatic nitrogens is 2. The first-order valence-electron chi connectivity index (χ1n) is 6.22. The molecule has 0 aliphatic rings. The van der Waals surface area contributed by atoms with Gasteiger partial charge in [-0.2, -0.15) is 5.10 Å². The highest BCUT2D eigenvalue weighted by atomic mass is 16.5. The van der Waals surface area contributed by atoms with Gasteiger partial charge in [-0.15, -0.1) is 0 Å². The van der Waals surface area contributed by atoms with Gasteiger partial charge in [0.15, 0.2) is 0 Å². The van der Waals surface area contributed by atoms with Gasteiger partial charge in [0.2, 0.25) is 0 Å². The van der Waals surface area contributed by atoms with Crippen LogP contribution in [0.2, 0.25) is 0 Å². The van der Waals surface area contributed by atoms with Gasteiger partial charge in [-0.25, -0.2) is 0 Å². The van der Waals surface area contributed by atoms with E-state index in [2.05, 4.69) is 30.3 Å². The number of ether oxygens (including phenoxy) is 1. The summed E-state index contributed by atoms with van der Waals surface area (Å²) >= 11 is 0. The first-order chi connectivity index (χ1) is 8.05. The Bertz CT molecular complexity index is 320. The molecule has 0 amide bonds. The topological polar surface area (TPSA) is 39.1 Å². The molecule has 0 saturated heterocycles. The second-order valence-corrected chi connectivity index (χ2v) is 5.28. The lowest BCUT2D eigenvalue weighted by Crippen LogP contribution is -2.31. The molecular weight excluding hydrogens is 214 g/mol. The molecule has 98 valence electrons.